The van der Waals surface area contributed by atoms with E-state index < -0.39 is 6.10 Å². The minimum Gasteiger partial charge on any atom is -0.363 e. The Morgan fingerprint density at radius 3 is 3.05 bits per heavy atom. The van der Waals surface area contributed by atoms with E-state index in [2.05, 4.69) is 6.07 Å². The predicted octanol–water partition coefficient (Wildman–Crippen LogP) is 1.89. The summed E-state index contributed by atoms with van der Waals surface area (Å²) in [4.78, 5) is 14.8. The van der Waals surface area contributed by atoms with E-state index in [1.54, 1.807) is 0 Å². The fourth-order valence-electron chi connectivity index (χ4n) is 3.40. The molecule has 2 aliphatic rings. The molecule has 1 aromatic rings. The second-order valence-electron chi connectivity index (χ2n) is 6.25. The summed E-state index contributed by atoms with van der Waals surface area (Å²) in [6.45, 7) is 4.24. The molecular weight excluding hydrogens is 264 g/mol. The van der Waals surface area contributed by atoms with Crippen molar-refractivity contribution in [1.29, 1.82) is 0 Å². The summed E-state index contributed by atoms with van der Waals surface area (Å²) in [6, 6.07) is 8.26. The molecule has 3 atom stereocenters. The topological polar surface area (TPSA) is 55.6 Å². The molecule has 0 aromatic heterocycles. The Hall–Kier alpha value is -1.39. The van der Waals surface area contributed by atoms with Gasteiger partial charge in [0.05, 0.1) is 6.61 Å². The molecule has 2 N–H and O–H groups in total. The Balaban J connectivity index is 1.77. The lowest BCUT2D eigenvalue weighted by Crippen LogP contribution is -2.47. The molecule has 4 heteroatoms. The number of amides is 1. The van der Waals surface area contributed by atoms with E-state index in [1.807, 2.05) is 30.0 Å². The second kappa shape index (κ2) is 6.16. The van der Waals surface area contributed by atoms with Crippen molar-refractivity contribution in [3.05, 3.63) is 35.4 Å². The number of nitrogens with two attached hydrogens (primary N) is 1. The van der Waals surface area contributed by atoms with Crippen molar-refractivity contribution >= 4 is 5.91 Å². The second-order valence-corrected chi connectivity index (χ2v) is 6.25. The number of carbonyl (C=O) groups excluding carboxylic acids is 1. The van der Waals surface area contributed by atoms with Crippen LogP contribution in [0.3, 0.4) is 0 Å². The van der Waals surface area contributed by atoms with Crippen molar-refractivity contribution in [2.75, 3.05) is 19.7 Å². The van der Waals surface area contributed by atoms with Gasteiger partial charge in [-0.15, -0.1) is 0 Å². The SMILES string of the molecule is C[C@H](N)[C@@H]1CCCN(C(=O)[C@H]2OCCc3ccccc32)C1. The van der Waals surface area contributed by atoms with Gasteiger partial charge < -0.3 is 15.4 Å². The molecule has 1 aromatic carbocycles. The summed E-state index contributed by atoms with van der Waals surface area (Å²) in [7, 11) is 0. The third-order valence-electron chi connectivity index (χ3n) is 4.73. The minimum atomic E-state index is -0.429. The number of rotatable bonds is 2. The first kappa shape index (κ1) is 14.5. The highest BCUT2D eigenvalue weighted by Crippen LogP contribution is 2.30. The van der Waals surface area contributed by atoms with E-state index in [0.29, 0.717) is 12.5 Å². The third-order valence-corrected chi connectivity index (χ3v) is 4.73. The molecule has 3 rings (SSSR count). The summed E-state index contributed by atoms with van der Waals surface area (Å²) < 4.78 is 5.79. The van der Waals surface area contributed by atoms with Crippen molar-refractivity contribution in [2.24, 2.45) is 11.7 Å². The Bertz CT molecular complexity index is 515. The van der Waals surface area contributed by atoms with Gasteiger partial charge in [-0.1, -0.05) is 24.3 Å². The Morgan fingerprint density at radius 2 is 2.24 bits per heavy atom. The normalized spacial score (nSPS) is 27.0. The van der Waals surface area contributed by atoms with Gasteiger partial charge in [0.25, 0.3) is 5.91 Å². The monoisotopic (exact) mass is 288 g/mol. The lowest BCUT2D eigenvalue weighted by Gasteiger charge is -2.37. The predicted molar refractivity (Wildman–Crippen MR) is 81.8 cm³/mol. The zero-order chi connectivity index (χ0) is 14.8. The van der Waals surface area contributed by atoms with Crippen LogP contribution in [0.5, 0.6) is 0 Å². The van der Waals surface area contributed by atoms with Crippen LogP contribution in [0, 0.1) is 5.92 Å². The molecule has 21 heavy (non-hydrogen) atoms. The van der Waals surface area contributed by atoms with Crippen LogP contribution in [0.25, 0.3) is 0 Å². The van der Waals surface area contributed by atoms with E-state index >= 15 is 0 Å². The zero-order valence-electron chi connectivity index (χ0n) is 12.6. The Morgan fingerprint density at radius 1 is 1.43 bits per heavy atom. The molecule has 0 unspecified atom stereocenters. The molecule has 4 nitrogen and oxygen atoms in total. The fourth-order valence-corrected chi connectivity index (χ4v) is 3.40. The molecule has 0 radical (unpaired) electrons. The average Bonchev–Trinajstić information content (AvgIpc) is 2.53. The lowest BCUT2D eigenvalue weighted by molar-refractivity contribution is -0.147. The first-order valence-corrected chi connectivity index (χ1v) is 7.90. The quantitative estimate of drug-likeness (QED) is 0.904. The molecule has 1 saturated heterocycles. The standard InChI is InChI=1S/C17H24N2O2/c1-12(18)14-6-4-9-19(11-14)17(20)16-15-7-3-2-5-13(15)8-10-21-16/h2-3,5,7,12,14,16H,4,6,8-11,18H2,1H3/t12-,14+,16-/m0/s1. The van der Waals surface area contributed by atoms with Gasteiger partial charge in [-0.3, -0.25) is 4.79 Å². The highest BCUT2D eigenvalue weighted by molar-refractivity contribution is 5.83. The molecular formula is C17H24N2O2. The third kappa shape index (κ3) is 2.97. The summed E-state index contributed by atoms with van der Waals surface area (Å²) >= 11 is 0. The molecule has 0 saturated carbocycles. The van der Waals surface area contributed by atoms with Crippen LogP contribution in [0.2, 0.25) is 0 Å². The molecule has 2 aliphatic heterocycles. The lowest BCUT2D eigenvalue weighted by atomic mass is 9.91. The number of benzene rings is 1. The molecule has 1 fully saturated rings. The van der Waals surface area contributed by atoms with Crippen molar-refractivity contribution in [3.63, 3.8) is 0 Å². The minimum absolute atomic E-state index is 0.104. The van der Waals surface area contributed by atoms with Crippen LogP contribution in [-0.4, -0.2) is 36.5 Å². The largest absolute Gasteiger partial charge is 0.363 e. The van der Waals surface area contributed by atoms with Gasteiger partial charge in [-0.05, 0) is 43.2 Å². The van der Waals surface area contributed by atoms with Crippen LogP contribution in [0.1, 0.15) is 37.0 Å². The summed E-state index contributed by atoms with van der Waals surface area (Å²) in [5.41, 5.74) is 8.29. The Labute approximate surface area is 126 Å². The maximum absolute atomic E-state index is 12.8. The van der Waals surface area contributed by atoms with E-state index in [1.165, 1.54) is 5.56 Å². The van der Waals surface area contributed by atoms with Crippen LogP contribution in [-0.2, 0) is 16.0 Å². The van der Waals surface area contributed by atoms with E-state index in [9.17, 15) is 4.79 Å². The van der Waals surface area contributed by atoms with E-state index in [-0.39, 0.29) is 11.9 Å². The zero-order valence-corrected chi connectivity index (χ0v) is 12.6. The maximum Gasteiger partial charge on any atom is 0.256 e. The van der Waals surface area contributed by atoms with Crippen LogP contribution >= 0.6 is 0 Å². The Kier molecular flexibility index (Phi) is 4.27. The number of hydrogen-bond donors (Lipinski definition) is 1. The summed E-state index contributed by atoms with van der Waals surface area (Å²) in [5.74, 6) is 0.508. The number of fused-ring (bicyclic) bond motifs is 1. The van der Waals surface area contributed by atoms with E-state index in [0.717, 1.165) is 37.9 Å². The number of likely N-dealkylation sites (tertiary alicyclic amines) is 1. The number of hydrogen-bond acceptors (Lipinski definition) is 3. The maximum atomic E-state index is 12.8. The van der Waals surface area contributed by atoms with Crippen molar-refractivity contribution in [3.8, 4) is 0 Å². The van der Waals surface area contributed by atoms with Crippen molar-refractivity contribution in [2.45, 2.75) is 38.3 Å². The van der Waals surface area contributed by atoms with E-state index in [4.69, 9.17) is 10.5 Å². The van der Waals surface area contributed by atoms with Gasteiger partial charge in [0, 0.05) is 19.1 Å². The first-order valence-electron chi connectivity index (χ1n) is 7.90. The van der Waals surface area contributed by atoms with Crippen LogP contribution in [0.15, 0.2) is 24.3 Å². The first-order chi connectivity index (χ1) is 10.2. The highest BCUT2D eigenvalue weighted by atomic mass is 16.5. The molecule has 0 spiro atoms. The summed E-state index contributed by atoms with van der Waals surface area (Å²) in [5, 5.41) is 0. The number of piperidine rings is 1. The molecule has 114 valence electrons. The van der Waals surface area contributed by atoms with Crippen molar-refractivity contribution in [1.82, 2.24) is 4.90 Å². The summed E-state index contributed by atoms with van der Waals surface area (Å²) in [6.07, 6.45) is 2.61. The smallest absolute Gasteiger partial charge is 0.256 e. The average molecular weight is 288 g/mol. The van der Waals surface area contributed by atoms with Gasteiger partial charge in [0.2, 0.25) is 0 Å². The van der Waals surface area contributed by atoms with Crippen LogP contribution in [0.4, 0.5) is 0 Å². The molecule has 1 amide bonds. The fraction of sp³-hybridized carbons (Fsp3) is 0.588. The van der Waals surface area contributed by atoms with Gasteiger partial charge in [-0.2, -0.15) is 0 Å². The van der Waals surface area contributed by atoms with Gasteiger partial charge >= 0.3 is 0 Å². The van der Waals surface area contributed by atoms with Gasteiger partial charge in [0.1, 0.15) is 0 Å². The van der Waals surface area contributed by atoms with Gasteiger partial charge in [0.15, 0.2) is 6.10 Å². The molecule has 2 heterocycles. The number of carbonyl (C=O) groups is 1. The van der Waals surface area contributed by atoms with Gasteiger partial charge in [-0.25, -0.2) is 0 Å². The van der Waals surface area contributed by atoms with Crippen LogP contribution < -0.4 is 5.73 Å². The highest BCUT2D eigenvalue weighted by Gasteiger charge is 2.33. The number of nitrogens with zero attached hydrogens (tertiary/aromatic N) is 1. The molecule has 0 bridgehead atoms. The molecule has 0 aliphatic carbocycles. The number of ether oxygens (including phenoxy) is 1. The van der Waals surface area contributed by atoms with Crippen molar-refractivity contribution < 1.29 is 9.53 Å².